The Kier molecular flexibility index (Phi) is 5.33. The largest absolute Gasteiger partial charge is 0.487 e. The zero-order valence-corrected chi connectivity index (χ0v) is 10.4. The van der Waals surface area contributed by atoms with Gasteiger partial charge in [0.05, 0.1) is 0 Å². The summed E-state index contributed by atoms with van der Waals surface area (Å²) < 4.78 is 5.72. The first-order valence-corrected chi connectivity index (χ1v) is 6.46. The second-order valence-corrected chi connectivity index (χ2v) is 4.21. The summed E-state index contributed by atoms with van der Waals surface area (Å²) >= 11 is 1.74. The topological polar surface area (TPSA) is 9.23 Å². The summed E-state index contributed by atoms with van der Waals surface area (Å²) in [6, 6.07) is 8.19. The van der Waals surface area contributed by atoms with E-state index >= 15 is 0 Å². The van der Waals surface area contributed by atoms with Crippen LogP contribution in [-0.2, 0) is 0 Å². The molecule has 0 radical (unpaired) electrons. The lowest BCUT2D eigenvalue weighted by Gasteiger charge is -2.10. The zero-order valence-electron chi connectivity index (χ0n) is 9.57. The van der Waals surface area contributed by atoms with Crippen molar-refractivity contribution in [1.29, 1.82) is 0 Å². The molecule has 0 aromatic heterocycles. The lowest BCUT2D eigenvalue weighted by molar-refractivity contribution is 0.269. The second kappa shape index (κ2) is 6.57. The third-order valence-corrected chi connectivity index (χ3v) is 2.77. The Morgan fingerprint density at radius 2 is 2.00 bits per heavy atom. The average Bonchev–Trinajstić information content (AvgIpc) is 2.27. The number of benzene rings is 1. The van der Waals surface area contributed by atoms with E-state index in [1.165, 1.54) is 4.90 Å². The minimum absolute atomic E-state index is 0.144. The first-order valence-electron chi connectivity index (χ1n) is 5.23. The minimum atomic E-state index is 0.144. The summed E-state index contributed by atoms with van der Waals surface area (Å²) in [7, 11) is 0. The van der Waals surface area contributed by atoms with Gasteiger partial charge in [-0.25, -0.2) is 0 Å². The molecule has 15 heavy (non-hydrogen) atoms. The standard InChI is InChI=1S/C13H18OS/c1-4-5-6-11(2)14-12-7-9-13(15-3)10-8-12/h5-11H,4H2,1-3H3. The smallest absolute Gasteiger partial charge is 0.120 e. The Morgan fingerprint density at radius 3 is 2.53 bits per heavy atom. The Labute approximate surface area is 96.5 Å². The molecule has 1 rings (SSSR count). The van der Waals surface area contributed by atoms with Crippen LogP contribution in [0.3, 0.4) is 0 Å². The van der Waals surface area contributed by atoms with E-state index in [0.29, 0.717) is 0 Å². The highest BCUT2D eigenvalue weighted by Crippen LogP contribution is 2.19. The highest BCUT2D eigenvalue weighted by atomic mass is 32.2. The Bertz CT molecular complexity index is 303. The van der Waals surface area contributed by atoms with Gasteiger partial charge in [-0.3, -0.25) is 0 Å². The van der Waals surface area contributed by atoms with Gasteiger partial charge in [-0.1, -0.05) is 13.0 Å². The predicted molar refractivity (Wildman–Crippen MR) is 67.7 cm³/mol. The Morgan fingerprint density at radius 1 is 1.33 bits per heavy atom. The van der Waals surface area contributed by atoms with Crippen LogP contribution in [0.15, 0.2) is 41.3 Å². The fourth-order valence-electron chi connectivity index (χ4n) is 1.24. The molecule has 1 aromatic rings. The van der Waals surface area contributed by atoms with Crippen molar-refractivity contribution in [3.63, 3.8) is 0 Å². The van der Waals surface area contributed by atoms with Gasteiger partial charge in [0.1, 0.15) is 11.9 Å². The summed E-state index contributed by atoms with van der Waals surface area (Å²) in [5.41, 5.74) is 0. The molecular formula is C13H18OS. The van der Waals surface area contributed by atoms with Gasteiger partial charge < -0.3 is 4.74 Å². The van der Waals surface area contributed by atoms with Crippen molar-refractivity contribution in [2.45, 2.75) is 31.3 Å². The quantitative estimate of drug-likeness (QED) is 0.547. The van der Waals surface area contributed by atoms with Crippen molar-refractivity contribution in [2.75, 3.05) is 6.26 Å². The molecule has 1 unspecified atom stereocenters. The molecule has 1 aromatic carbocycles. The molecule has 0 aliphatic carbocycles. The van der Waals surface area contributed by atoms with Gasteiger partial charge in [0.15, 0.2) is 0 Å². The molecule has 0 aliphatic heterocycles. The van der Waals surface area contributed by atoms with Crippen molar-refractivity contribution in [2.24, 2.45) is 0 Å². The van der Waals surface area contributed by atoms with E-state index in [4.69, 9.17) is 4.74 Å². The van der Waals surface area contributed by atoms with Crippen LogP contribution < -0.4 is 4.74 Å². The summed E-state index contributed by atoms with van der Waals surface area (Å²) in [5.74, 6) is 0.932. The van der Waals surface area contributed by atoms with Crippen LogP contribution in [0.4, 0.5) is 0 Å². The highest BCUT2D eigenvalue weighted by molar-refractivity contribution is 7.98. The molecule has 0 bridgehead atoms. The van der Waals surface area contributed by atoms with Crippen LogP contribution in [0, 0.1) is 0 Å². The molecule has 0 saturated carbocycles. The third-order valence-electron chi connectivity index (χ3n) is 2.02. The van der Waals surface area contributed by atoms with Crippen LogP contribution in [0.25, 0.3) is 0 Å². The maximum absolute atomic E-state index is 5.72. The molecule has 0 fully saturated rings. The van der Waals surface area contributed by atoms with E-state index in [-0.39, 0.29) is 6.10 Å². The fraction of sp³-hybridized carbons (Fsp3) is 0.385. The van der Waals surface area contributed by atoms with Crippen molar-refractivity contribution in [3.8, 4) is 5.75 Å². The lowest BCUT2D eigenvalue weighted by atomic mass is 10.3. The normalized spacial score (nSPS) is 13.0. The molecule has 0 saturated heterocycles. The van der Waals surface area contributed by atoms with Crippen LogP contribution in [0.1, 0.15) is 20.3 Å². The van der Waals surface area contributed by atoms with Crippen molar-refractivity contribution in [1.82, 2.24) is 0 Å². The SMILES string of the molecule is CCC=CC(C)Oc1ccc(SC)cc1. The number of rotatable bonds is 5. The molecule has 0 amide bonds. The van der Waals surface area contributed by atoms with Crippen molar-refractivity contribution in [3.05, 3.63) is 36.4 Å². The van der Waals surface area contributed by atoms with E-state index in [1.54, 1.807) is 11.8 Å². The van der Waals surface area contributed by atoms with Gasteiger partial charge in [0.2, 0.25) is 0 Å². The zero-order chi connectivity index (χ0) is 11.1. The van der Waals surface area contributed by atoms with E-state index in [9.17, 15) is 0 Å². The summed E-state index contributed by atoms with van der Waals surface area (Å²) in [6.45, 7) is 4.17. The minimum Gasteiger partial charge on any atom is -0.487 e. The number of thioether (sulfide) groups is 1. The van der Waals surface area contributed by atoms with E-state index in [2.05, 4.69) is 44.4 Å². The lowest BCUT2D eigenvalue weighted by Crippen LogP contribution is -2.07. The Hall–Kier alpha value is -0.890. The number of allylic oxidation sites excluding steroid dienone is 1. The first-order chi connectivity index (χ1) is 7.26. The monoisotopic (exact) mass is 222 g/mol. The average molecular weight is 222 g/mol. The second-order valence-electron chi connectivity index (χ2n) is 3.33. The van der Waals surface area contributed by atoms with Crippen LogP contribution in [-0.4, -0.2) is 12.4 Å². The van der Waals surface area contributed by atoms with Gasteiger partial charge in [0, 0.05) is 4.90 Å². The van der Waals surface area contributed by atoms with Crippen LogP contribution in [0.5, 0.6) is 5.75 Å². The number of ether oxygens (including phenoxy) is 1. The van der Waals surface area contributed by atoms with Crippen molar-refractivity contribution < 1.29 is 4.74 Å². The third kappa shape index (κ3) is 4.43. The van der Waals surface area contributed by atoms with Gasteiger partial charge in [-0.05, 0) is 49.9 Å². The molecule has 0 spiro atoms. The van der Waals surface area contributed by atoms with E-state index in [0.717, 1.165) is 12.2 Å². The molecule has 1 nitrogen and oxygen atoms in total. The molecule has 0 N–H and O–H groups in total. The molecular weight excluding hydrogens is 204 g/mol. The maximum Gasteiger partial charge on any atom is 0.120 e. The molecule has 0 aliphatic rings. The highest BCUT2D eigenvalue weighted by Gasteiger charge is 1.99. The molecule has 82 valence electrons. The Balaban J connectivity index is 2.53. The fourth-order valence-corrected chi connectivity index (χ4v) is 1.64. The summed E-state index contributed by atoms with van der Waals surface area (Å²) in [4.78, 5) is 1.26. The molecule has 1 atom stereocenters. The van der Waals surface area contributed by atoms with Gasteiger partial charge in [0.25, 0.3) is 0 Å². The summed E-state index contributed by atoms with van der Waals surface area (Å²) in [6.07, 6.45) is 7.48. The first kappa shape index (κ1) is 12.2. The molecule has 0 heterocycles. The van der Waals surface area contributed by atoms with Crippen molar-refractivity contribution >= 4 is 11.8 Å². The van der Waals surface area contributed by atoms with Gasteiger partial charge >= 0.3 is 0 Å². The molecule has 2 heteroatoms. The van der Waals surface area contributed by atoms with Gasteiger partial charge in [-0.2, -0.15) is 0 Å². The number of hydrogen-bond acceptors (Lipinski definition) is 2. The number of hydrogen-bond donors (Lipinski definition) is 0. The van der Waals surface area contributed by atoms with Crippen LogP contribution in [0.2, 0.25) is 0 Å². The van der Waals surface area contributed by atoms with E-state index in [1.807, 2.05) is 12.1 Å². The maximum atomic E-state index is 5.72. The predicted octanol–water partition coefficient (Wildman–Crippen LogP) is 4.14. The van der Waals surface area contributed by atoms with Gasteiger partial charge in [-0.15, -0.1) is 11.8 Å². The van der Waals surface area contributed by atoms with Crippen LogP contribution >= 0.6 is 11.8 Å². The van der Waals surface area contributed by atoms with E-state index < -0.39 is 0 Å². The summed E-state index contributed by atoms with van der Waals surface area (Å²) in [5, 5.41) is 0.